The fraction of sp³-hybridized carbons (Fsp3) is 1.00. The number of rotatable bonds is 8. The van der Waals surface area contributed by atoms with Gasteiger partial charge >= 0.3 is 0 Å². The highest BCUT2D eigenvalue weighted by Crippen LogP contribution is 2.19. The maximum atomic E-state index is 12.1. The summed E-state index contributed by atoms with van der Waals surface area (Å²) in [6, 6.07) is 0. The highest BCUT2D eigenvalue weighted by Gasteiger charge is 2.25. The summed E-state index contributed by atoms with van der Waals surface area (Å²) in [7, 11) is -2.99. The Hall–Kier alpha value is -0.130. The van der Waals surface area contributed by atoms with Gasteiger partial charge in [0.1, 0.15) is 0 Å². The third kappa shape index (κ3) is 5.67. The molecule has 0 bridgehead atoms. The molecule has 1 saturated heterocycles. The summed E-state index contributed by atoms with van der Waals surface area (Å²) < 4.78 is 25.9. The van der Waals surface area contributed by atoms with Gasteiger partial charge in [0.05, 0.1) is 5.75 Å². The van der Waals surface area contributed by atoms with E-state index in [9.17, 15) is 8.42 Å². The van der Waals surface area contributed by atoms with Crippen LogP contribution in [0.3, 0.4) is 0 Å². The average Bonchev–Trinajstić information content (AvgIpc) is 2.34. The van der Waals surface area contributed by atoms with Crippen molar-refractivity contribution in [3.05, 3.63) is 0 Å². The van der Waals surface area contributed by atoms with Crippen molar-refractivity contribution in [3.63, 3.8) is 0 Å². The average molecular weight is 276 g/mol. The van der Waals surface area contributed by atoms with Crippen LogP contribution in [0.25, 0.3) is 0 Å². The van der Waals surface area contributed by atoms with Gasteiger partial charge in [-0.3, -0.25) is 0 Å². The zero-order valence-electron chi connectivity index (χ0n) is 11.8. The Morgan fingerprint density at radius 1 is 1.17 bits per heavy atom. The first-order valence-corrected chi connectivity index (χ1v) is 8.85. The van der Waals surface area contributed by atoms with Gasteiger partial charge in [0.2, 0.25) is 10.0 Å². The molecule has 18 heavy (non-hydrogen) atoms. The number of hydrogen-bond acceptors (Lipinski definition) is 3. The predicted molar refractivity (Wildman–Crippen MR) is 76.2 cm³/mol. The third-order valence-electron chi connectivity index (χ3n) is 3.57. The van der Waals surface area contributed by atoms with E-state index in [4.69, 9.17) is 0 Å². The van der Waals surface area contributed by atoms with Gasteiger partial charge in [-0.1, -0.05) is 13.8 Å². The predicted octanol–water partition coefficient (Wildman–Crippen LogP) is 1.83. The summed E-state index contributed by atoms with van der Waals surface area (Å²) in [4.78, 5) is 0. The quantitative estimate of drug-likeness (QED) is 0.688. The van der Waals surface area contributed by atoms with E-state index < -0.39 is 10.0 Å². The van der Waals surface area contributed by atoms with Crippen LogP contribution in [0.4, 0.5) is 0 Å². The lowest BCUT2D eigenvalue weighted by Gasteiger charge is -2.29. The summed E-state index contributed by atoms with van der Waals surface area (Å²) in [5.74, 6) is 0.990. The SMILES string of the molecule is CCCNCCCCS(=O)(=O)N1CCC(C)CC1. The number of unbranched alkanes of at least 4 members (excludes halogenated alkanes) is 1. The fourth-order valence-electron chi connectivity index (χ4n) is 2.23. The van der Waals surface area contributed by atoms with Gasteiger partial charge in [-0.15, -0.1) is 0 Å². The molecule has 1 rings (SSSR count). The van der Waals surface area contributed by atoms with Crippen LogP contribution < -0.4 is 5.32 Å². The Morgan fingerprint density at radius 2 is 1.83 bits per heavy atom. The molecule has 1 fully saturated rings. The number of hydrogen-bond donors (Lipinski definition) is 1. The fourth-order valence-corrected chi connectivity index (χ4v) is 3.82. The largest absolute Gasteiger partial charge is 0.317 e. The molecule has 0 radical (unpaired) electrons. The van der Waals surface area contributed by atoms with E-state index in [0.717, 1.165) is 58.3 Å². The summed E-state index contributed by atoms with van der Waals surface area (Å²) in [5, 5.41) is 3.30. The van der Waals surface area contributed by atoms with Gasteiger partial charge in [-0.25, -0.2) is 12.7 Å². The van der Waals surface area contributed by atoms with Crippen LogP contribution in [0.5, 0.6) is 0 Å². The van der Waals surface area contributed by atoms with Crippen molar-refractivity contribution in [2.45, 2.75) is 46.0 Å². The lowest BCUT2D eigenvalue weighted by molar-refractivity contribution is 0.288. The van der Waals surface area contributed by atoms with Crippen molar-refractivity contribution in [1.29, 1.82) is 0 Å². The molecule has 4 nitrogen and oxygen atoms in total. The Bertz CT molecular complexity index is 309. The molecule has 1 aliphatic rings. The van der Waals surface area contributed by atoms with E-state index >= 15 is 0 Å². The van der Waals surface area contributed by atoms with Crippen molar-refractivity contribution in [3.8, 4) is 0 Å². The monoisotopic (exact) mass is 276 g/mol. The van der Waals surface area contributed by atoms with Gasteiger partial charge in [0, 0.05) is 13.1 Å². The molecule has 1 N–H and O–H groups in total. The van der Waals surface area contributed by atoms with Gasteiger partial charge in [-0.2, -0.15) is 0 Å². The lowest BCUT2D eigenvalue weighted by atomic mass is 10.0. The topological polar surface area (TPSA) is 49.4 Å². The van der Waals surface area contributed by atoms with E-state index in [1.54, 1.807) is 4.31 Å². The Kier molecular flexibility index (Phi) is 7.19. The van der Waals surface area contributed by atoms with E-state index in [-0.39, 0.29) is 0 Å². The van der Waals surface area contributed by atoms with Crippen LogP contribution in [-0.4, -0.2) is 44.7 Å². The molecule has 0 spiro atoms. The molecule has 0 unspecified atom stereocenters. The molecule has 0 amide bonds. The standard InChI is InChI=1S/C13H28N2O2S/c1-3-8-14-9-4-5-12-18(16,17)15-10-6-13(2)7-11-15/h13-14H,3-12H2,1-2H3. The minimum atomic E-state index is -2.99. The van der Waals surface area contributed by atoms with E-state index in [1.807, 2.05) is 0 Å². The molecule has 1 heterocycles. The first kappa shape index (κ1) is 15.9. The van der Waals surface area contributed by atoms with E-state index in [0.29, 0.717) is 11.7 Å². The van der Waals surface area contributed by atoms with E-state index in [1.165, 1.54) is 0 Å². The summed E-state index contributed by atoms with van der Waals surface area (Å²) >= 11 is 0. The first-order chi connectivity index (χ1) is 8.56. The van der Waals surface area contributed by atoms with Crippen molar-refractivity contribution in [2.75, 3.05) is 31.9 Å². The highest BCUT2D eigenvalue weighted by atomic mass is 32.2. The second-order valence-electron chi connectivity index (χ2n) is 5.35. The summed E-state index contributed by atoms with van der Waals surface area (Å²) in [5.41, 5.74) is 0. The molecule has 0 saturated carbocycles. The van der Waals surface area contributed by atoms with Gasteiger partial charge in [-0.05, 0) is 51.1 Å². The zero-order chi connectivity index (χ0) is 13.4. The van der Waals surface area contributed by atoms with E-state index in [2.05, 4.69) is 19.2 Å². The van der Waals surface area contributed by atoms with Crippen molar-refractivity contribution in [2.24, 2.45) is 5.92 Å². The van der Waals surface area contributed by atoms with Crippen molar-refractivity contribution >= 4 is 10.0 Å². The van der Waals surface area contributed by atoms with Gasteiger partial charge in [0.15, 0.2) is 0 Å². The number of piperidine rings is 1. The normalized spacial score (nSPS) is 19.2. The molecular weight excluding hydrogens is 248 g/mol. The number of sulfonamides is 1. The molecule has 0 aromatic rings. The molecule has 0 atom stereocenters. The van der Waals surface area contributed by atoms with Crippen LogP contribution in [0.15, 0.2) is 0 Å². The molecule has 1 aliphatic heterocycles. The molecule has 5 heteroatoms. The van der Waals surface area contributed by atoms with Gasteiger partial charge in [0.25, 0.3) is 0 Å². The first-order valence-electron chi connectivity index (χ1n) is 7.25. The van der Waals surface area contributed by atoms with Crippen molar-refractivity contribution in [1.82, 2.24) is 9.62 Å². The minimum absolute atomic E-state index is 0.315. The second kappa shape index (κ2) is 8.12. The summed E-state index contributed by atoms with van der Waals surface area (Å²) in [6.07, 6.45) is 4.87. The smallest absolute Gasteiger partial charge is 0.214 e. The van der Waals surface area contributed by atoms with Crippen LogP contribution in [0.2, 0.25) is 0 Å². The van der Waals surface area contributed by atoms with Crippen LogP contribution in [0.1, 0.15) is 46.0 Å². The Labute approximate surface area is 112 Å². The van der Waals surface area contributed by atoms with Crippen molar-refractivity contribution < 1.29 is 8.42 Å². The lowest BCUT2D eigenvalue weighted by Crippen LogP contribution is -2.39. The highest BCUT2D eigenvalue weighted by molar-refractivity contribution is 7.89. The number of nitrogens with one attached hydrogen (secondary N) is 1. The maximum absolute atomic E-state index is 12.1. The minimum Gasteiger partial charge on any atom is -0.317 e. The van der Waals surface area contributed by atoms with Crippen LogP contribution in [0, 0.1) is 5.92 Å². The zero-order valence-corrected chi connectivity index (χ0v) is 12.6. The summed E-state index contributed by atoms with van der Waals surface area (Å²) in [6.45, 7) is 7.73. The number of nitrogens with zero attached hydrogens (tertiary/aromatic N) is 1. The molecule has 0 aliphatic carbocycles. The molecule has 0 aromatic carbocycles. The molecular formula is C13H28N2O2S. The molecule has 0 aromatic heterocycles. The maximum Gasteiger partial charge on any atom is 0.214 e. The van der Waals surface area contributed by atoms with Gasteiger partial charge < -0.3 is 5.32 Å². The third-order valence-corrected chi connectivity index (χ3v) is 5.53. The van der Waals surface area contributed by atoms with Crippen LogP contribution >= 0.6 is 0 Å². The Balaban J connectivity index is 2.19. The second-order valence-corrected chi connectivity index (χ2v) is 7.44. The van der Waals surface area contributed by atoms with Crippen LogP contribution in [-0.2, 0) is 10.0 Å². The Morgan fingerprint density at radius 3 is 2.44 bits per heavy atom. The molecule has 108 valence electrons.